The van der Waals surface area contributed by atoms with E-state index in [0.29, 0.717) is 5.70 Å². The summed E-state index contributed by atoms with van der Waals surface area (Å²) in [6.07, 6.45) is 3.05. The highest BCUT2D eigenvalue weighted by molar-refractivity contribution is 6.03. The summed E-state index contributed by atoms with van der Waals surface area (Å²) in [5, 5.41) is 4.12. The Morgan fingerprint density at radius 1 is 1.37 bits per heavy atom. The van der Waals surface area contributed by atoms with Crippen LogP contribution in [0, 0.1) is 0 Å². The molecule has 0 saturated heterocycles. The number of fused-ring (bicyclic) bond motifs is 1. The van der Waals surface area contributed by atoms with Crippen LogP contribution in [0.3, 0.4) is 0 Å². The molecule has 1 aliphatic heterocycles. The van der Waals surface area contributed by atoms with Gasteiger partial charge in [-0.2, -0.15) is 0 Å². The number of benzene rings is 1. The molecule has 1 aromatic carbocycles. The first-order valence-electron chi connectivity index (χ1n) is 5.91. The first-order valence-corrected chi connectivity index (χ1v) is 5.91. The van der Waals surface area contributed by atoms with Gasteiger partial charge in [-0.1, -0.05) is 12.1 Å². The van der Waals surface area contributed by atoms with E-state index in [4.69, 9.17) is 4.42 Å². The number of furan rings is 1. The van der Waals surface area contributed by atoms with Crippen molar-refractivity contribution in [2.75, 3.05) is 11.9 Å². The molecule has 1 aliphatic rings. The molecule has 0 spiro atoms. The molecule has 19 heavy (non-hydrogen) atoms. The Hall–Kier alpha value is -2.56. The lowest BCUT2D eigenvalue weighted by Crippen LogP contribution is -2.31. The van der Waals surface area contributed by atoms with Gasteiger partial charge in [0.15, 0.2) is 5.58 Å². The van der Waals surface area contributed by atoms with Gasteiger partial charge < -0.3 is 9.73 Å². The molecule has 0 aliphatic carbocycles. The van der Waals surface area contributed by atoms with E-state index in [-0.39, 0.29) is 18.4 Å². The zero-order chi connectivity index (χ0) is 13.4. The zero-order valence-corrected chi connectivity index (χ0v) is 10.3. The van der Waals surface area contributed by atoms with E-state index in [0.717, 1.165) is 16.7 Å². The van der Waals surface area contributed by atoms with E-state index in [1.165, 1.54) is 17.9 Å². The van der Waals surface area contributed by atoms with Crippen molar-refractivity contribution < 1.29 is 14.0 Å². The van der Waals surface area contributed by atoms with Gasteiger partial charge in [-0.3, -0.25) is 14.5 Å². The van der Waals surface area contributed by atoms with Crippen molar-refractivity contribution in [1.29, 1.82) is 0 Å². The monoisotopic (exact) mass is 256 g/mol. The fraction of sp³-hybridized carbons (Fsp3) is 0.143. The number of para-hydroxylation sites is 1. The summed E-state index contributed by atoms with van der Waals surface area (Å²) in [7, 11) is 0. The van der Waals surface area contributed by atoms with Gasteiger partial charge in [-0.25, -0.2) is 0 Å². The van der Waals surface area contributed by atoms with Crippen molar-refractivity contribution in [2.24, 2.45) is 0 Å². The lowest BCUT2D eigenvalue weighted by molar-refractivity contribution is -0.138. The van der Waals surface area contributed by atoms with Gasteiger partial charge in [0, 0.05) is 24.1 Å². The van der Waals surface area contributed by atoms with Gasteiger partial charge in [0.1, 0.15) is 0 Å². The maximum atomic E-state index is 11.6. The highest BCUT2D eigenvalue weighted by atomic mass is 16.3. The van der Waals surface area contributed by atoms with Gasteiger partial charge >= 0.3 is 0 Å². The van der Waals surface area contributed by atoms with Crippen LogP contribution in [0.15, 0.2) is 46.7 Å². The van der Waals surface area contributed by atoms with E-state index in [1.54, 1.807) is 6.26 Å². The molecule has 3 rings (SSSR count). The number of amides is 2. The van der Waals surface area contributed by atoms with E-state index < -0.39 is 0 Å². The number of hydrogen-bond donors (Lipinski definition) is 1. The summed E-state index contributed by atoms with van der Waals surface area (Å²) in [6, 6.07) is 7.59. The van der Waals surface area contributed by atoms with Crippen LogP contribution >= 0.6 is 0 Å². The highest BCUT2D eigenvalue weighted by Crippen LogP contribution is 2.26. The minimum absolute atomic E-state index is 0.255. The summed E-state index contributed by atoms with van der Waals surface area (Å²) in [6.45, 7) is 1.65. The van der Waals surface area contributed by atoms with Gasteiger partial charge in [0.25, 0.3) is 5.91 Å². The Labute approximate surface area is 109 Å². The molecular formula is C14H12N2O3. The summed E-state index contributed by atoms with van der Waals surface area (Å²) in [4.78, 5) is 24.0. The Morgan fingerprint density at radius 3 is 2.95 bits per heavy atom. The minimum Gasteiger partial charge on any atom is -0.462 e. The highest BCUT2D eigenvalue weighted by Gasteiger charge is 2.25. The second kappa shape index (κ2) is 4.28. The summed E-state index contributed by atoms with van der Waals surface area (Å²) in [5.41, 5.74) is 2.20. The van der Waals surface area contributed by atoms with Crippen LogP contribution in [0.5, 0.6) is 0 Å². The van der Waals surface area contributed by atoms with Crippen molar-refractivity contribution in [3.8, 4) is 0 Å². The number of nitrogens with one attached hydrogen (secondary N) is 1. The Kier molecular flexibility index (Phi) is 2.59. The molecule has 0 unspecified atom stereocenters. The average molecular weight is 256 g/mol. The summed E-state index contributed by atoms with van der Waals surface area (Å²) >= 11 is 0. The third-order valence-corrected chi connectivity index (χ3v) is 3.05. The number of rotatable bonds is 2. The molecule has 2 amide bonds. The summed E-state index contributed by atoms with van der Waals surface area (Å²) in [5.74, 6) is -0.545. The lowest BCUT2D eigenvalue weighted by atomic mass is 10.2. The number of hydrogen-bond acceptors (Lipinski definition) is 4. The van der Waals surface area contributed by atoms with Crippen molar-refractivity contribution >= 4 is 28.5 Å². The molecule has 5 nitrogen and oxygen atoms in total. The Balaban J connectivity index is 1.87. The SMILES string of the molecule is CC(=O)N1CC(Nc2cccc3ccoc23)=CC1=O. The topological polar surface area (TPSA) is 62.6 Å². The molecule has 2 heterocycles. The zero-order valence-electron chi connectivity index (χ0n) is 10.3. The second-order valence-corrected chi connectivity index (χ2v) is 4.38. The van der Waals surface area contributed by atoms with E-state index in [2.05, 4.69) is 5.32 Å². The van der Waals surface area contributed by atoms with Crippen molar-refractivity contribution in [1.82, 2.24) is 4.90 Å². The Bertz CT molecular complexity index is 700. The van der Waals surface area contributed by atoms with E-state index in [9.17, 15) is 9.59 Å². The van der Waals surface area contributed by atoms with Gasteiger partial charge in [-0.05, 0) is 12.1 Å². The van der Waals surface area contributed by atoms with Crippen LogP contribution in [-0.4, -0.2) is 23.3 Å². The molecule has 0 atom stereocenters. The molecular weight excluding hydrogens is 244 g/mol. The van der Waals surface area contributed by atoms with E-state index >= 15 is 0 Å². The van der Waals surface area contributed by atoms with Crippen LogP contribution in [-0.2, 0) is 9.59 Å². The van der Waals surface area contributed by atoms with Crippen molar-refractivity contribution in [2.45, 2.75) is 6.92 Å². The molecule has 0 fully saturated rings. The van der Waals surface area contributed by atoms with Crippen LogP contribution in [0.4, 0.5) is 5.69 Å². The Morgan fingerprint density at radius 2 is 2.21 bits per heavy atom. The third-order valence-electron chi connectivity index (χ3n) is 3.05. The van der Waals surface area contributed by atoms with Gasteiger partial charge in [-0.15, -0.1) is 0 Å². The first kappa shape index (κ1) is 11.5. The normalized spacial score (nSPS) is 14.9. The molecule has 0 saturated carbocycles. The number of anilines is 1. The number of carbonyl (C=O) groups excluding carboxylic acids is 2. The molecule has 5 heteroatoms. The fourth-order valence-corrected chi connectivity index (χ4v) is 2.13. The number of nitrogens with zero attached hydrogens (tertiary/aromatic N) is 1. The van der Waals surface area contributed by atoms with Gasteiger partial charge in [0.05, 0.1) is 18.5 Å². The standard InChI is InChI=1S/C14H12N2O3/c1-9(17)16-8-11(7-13(16)18)15-12-4-2-3-10-5-6-19-14(10)12/h2-7,15H,8H2,1H3. The lowest BCUT2D eigenvalue weighted by Gasteiger charge is -2.12. The van der Waals surface area contributed by atoms with Crippen LogP contribution in [0.2, 0.25) is 0 Å². The van der Waals surface area contributed by atoms with Gasteiger partial charge in [0.2, 0.25) is 5.91 Å². The third kappa shape index (κ3) is 1.99. The minimum atomic E-state index is -0.290. The average Bonchev–Trinajstić information content (AvgIpc) is 2.96. The maximum absolute atomic E-state index is 11.6. The molecule has 2 aromatic rings. The van der Waals surface area contributed by atoms with Crippen molar-refractivity contribution in [3.05, 3.63) is 42.3 Å². The first-order chi connectivity index (χ1) is 9.15. The second-order valence-electron chi connectivity index (χ2n) is 4.38. The fourth-order valence-electron chi connectivity index (χ4n) is 2.13. The molecule has 1 N–H and O–H groups in total. The maximum Gasteiger partial charge on any atom is 0.255 e. The molecule has 96 valence electrons. The molecule has 0 bridgehead atoms. The van der Waals surface area contributed by atoms with E-state index in [1.807, 2.05) is 24.3 Å². The van der Waals surface area contributed by atoms with Crippen LogP contribution in [0.1, 0.15) is 6.92 Å². The quantitative estimate of drug-likeness (QED) is 0.894. The van der Waals surface area contributed by atoms with Crippen LogP contribution in [0.25, 0.3) is 11.0 Å². The van der Waals surface area contributed by atoms with Crippen molar-refractivity contribution in [3.63, 3.8) is 0 Å². The predicted octanol–water partition coefficient (Wildman–Crippen LogP) is 2.12. The summed E-state index contributed by atoms with van der Waals surface area (Å²) < 4.78 is 5.41. The number of carbonyl (C=O) groups is 2. The smallest absolute Gasteiger partial charge is 0.255 e. The molecule has 1 aromatic heterocycles. The number of imide groups is 1. The predicted molar refractivity (Wildman–Crippen MR) is 70.3 cm³/mol. The largest absolute Gasteiger partial charge is 0.462 e. The molecule has 0 radical (unpaired) electrons. The van der Waals surface area contributed by atoms with Crippen LogP contribution < -0.4 is 5.32 Å².